The lowest BCUT2D eigenvalue weighted by molar-refractivity contribution is -0.384. The summed E-state index contributed by atoms with van der Waals surface area (Å²) in [4.78, 5) is 13.7. The van der Waals surface area contributed by atoms with E-state index < -0.39 is 16.7 Å². The average molecular weight is 283 g/mol. The van der Waals surface area contributed by atoms with Crippen LogP contribution in [0.15, 0.2) is 36.5 Å². The van der Waals surface area contributed by atoms with Gasteiger partial charge < -0.3 is 5.73 Å². The summed E-state index contributed by atoms with van der Waals surface area (Å²) in [7, 11) is 0. The topological polar surface area (TPSA) is 82.0 Å². The fraction of sp³-hybridized carbons (Fsp3) is 0.0833. The molecule has 1 heterocycles. The molecule has 0 saturated carbocycles. The number of alkyl halides is 3. The normalized spacial score (nSPS) is 11.3. The number of nitrogens with zero attached hydrogens (tertiary/aromatic N) is 2. The van der Waals surface area contributed by atoms with Crippen LogP contribution in [0.2, 0.25) is 0 Å². The number of pyridine rings is 1. The van der Waals surface area contributed by atoms with Crippen LogP contribution in [-0.2, 0) is 6.18 Å². The summed E-state index contributed by atoms with van der Waals surface area (Å²) >= 11 is 0. The van der Waals surface area contributed by atoms with Gasteiger partial charge in [-0.05, 0) is 17.7 Å². The molecule has 0 bridgehead atoms. The second kappa shape index (κ2) is 4.80. The van der Waals surface area contributed by atoms with Gasteiger partial charge in [0.15, 0.2) is 0 Å². The van der Waals surface area contributed by atoms with Crippen molar-refractivity contribution in [2.45, 2.75) is 6.18 Å². The van der Waals surface area contributed by atoms with E-state index in [0.29, 0.717) is 11.1 Å². The third-order valence-corrected chi connectivity index (χ3v) is 2.64. The molecule has 1 aromatic heterocycles. The first-order valence-corrected chi connectivity index (χ1v) is 5.36. The van der Waals surface area contributed by atoms with Gasteiger partial charge >= 0.3 is 11.9 Å². The van der Waals surface area contributed by atoms with E-state index in [1.165, 1.54) is 24.4 Å². The van der Waals surface area contributed by atoms with Crippen LogP contribution in [-0.4, -0.2) is 9.91 Å². The fourth-order valence-corrected chi connectivity index (χ4v) is 1.62. The van der Waals surface area contributed by atoms with Gasteiger partial charge in [-0.15, -0.1) is 0 Å². The van der Waals surface area contributed by atoms with Crippen LogP contribution in [0.25, 0.3) is 11.1 Å². The maximum absolute atomic E-state index is 12.4. The molecule has 8 heteroatoms. The number of benzene rings is 1. The molecule has 5 nitrogen and oxygen atoms in total. The quantitative estimate of drug-likeness (QED) is 0.677. The maximum Gasteiger partial charge on any atom is 0.416 e. The van der Waals surface area contributed by atoms with E-state index in [0.717, 1.165) is 12.1 Å². The molecule has 0 aliphatic rings. The van der Waals surface area contributed by atoms with Crippen molar-refractivity contribution in [1.82, 2.24) is 4.98 Å². The van der Waals surface area contributed by atoms with Crippen molar-refractivity contribution in [3.05, 3.63) is 52.2 Å². The van der Waals surface area contributed by atoms with Crippen molar-refractivity contribution in [2.75, 3.05) is 5.73 Å². The molecule has 104 valence electrons. The van der Waals surface area contributed by atoms with E-state index in [9.17, 15) is 23.3 Å². The van der Waals surface area contributed by atoms with Crippen LogP contribution in [0.4, 0.5) is 24.7 Å². The number of nitro groups is 1. The van der Waals surface area contributed by atoms with E-state index in [1.807, 2.05) is 0 Å². The Morgan fingerprint density at radius 3 is 2.25 bits per heavy atom. The first-order valence-electron chi connectivity index (χ1n) is 5.36. The Bertz CT molecular complexity index is 654. The second-order valence-electron chi connectivity index (χ2n) is 3.96. The number of hydrogen-bond acceptors (Lipinski definition) is 4. The third-order valence-electron chi connectivity index (χ3n) is 2.64. The van der Waals surface area contributed by atoms with Gasteiger partial charge in [0.1, 0.15) is 0 Å². The second-order valence-corrected chi connectivity index (χ2v) is 3.96. The number of hydrogen-bond donors (Lipinski definition) is 1. The average Bonchev–Trinajstić information content (AvgIpc) is 2.38. The van der Waals surface area contributed by atoms with Crippen molar-refractivity contribution in [1.29, 1.82) is 0 Å². The highest BCUT2D eigenvalue weighted by Crippen LogP contribution is 2.32. The molecule has 0 spiro atoms. The number of rotatable bonds is 2. The van der Waals surface area contributed by atoms with E-state index in [1.54, 1.807) is 0 Å². The summed E-state index contributed by atoms with van der Waals surface area (Å²) in [5, 5.41) is 10.7. The summed E-state index contributed by atoms with van der Waals surface area (Å²) in [5.74, 6) is -0.245. The minimum absolute atomic E-state index is 0.245. The Morgan fingerprint density at radius 2 is 1.75 bits per heavy atom. The minimum atomic E-state index is -4.43. The van der Waals surface area contributed by atoms with Gasteiger partial charge in [-0.2, -0.15) is 13.2 Å². The molecule has 0 fully saturated rings. The molecule has 0 amide bonds. The fourth-order valence-electron chi connectivity index (χ4n) is 1.62. The zero-order valence-electron chi connectivity index (χ0n) is 9.89. The lowest BCUT2D eigenvalue weighted by Gasteiger charge is -2.07. The lowest BCUT2D eigenvalue weighted by atomic mass is 10.0. The Hall–Kier alpha value is -2.64. The standard InChI is InChI=1S/C12H8F3N3O2/c13-12(14,15)9-3-1-7(2-4-9)8-5-10(18(19)20)11(16)17-6-8/h1-6H,(H2,16,17). The Labute approximate surface area is 111 Å². The molecule has 0 atom stereocenters. The highest BCUT2D eigenvalue weighted by atomic mass is 19.4. The molecule has 1 aromatic carbocycles. The zero-order chi connectivity index (χ0) is 14.9. The Morgan fingerprint density at radius 1 is 1.15 bits per heavy atom. The van der Waals surface area contributed by atoms with Gasteiger partial charge in [-0.25, -0.2) is 4.98 Å². The maximum atomic E-state index is 12.4. The predicted molar refractivity (Wildman–Crippen MR) is 65.7 cm³/mol. The van der Waals surface area contributed by atoms with Gasteiger partial charge in [-0.1, -0.05) is 12.1 Å². The summed E-state index contributed by atoms with van der Waals surface area (Å²) in [6.45, 7) is 0. The monoisotopic (exact) mass is 283 g/mol. The van der Waals surface area contributed by atoms with E-state index in [2.05, 4.69) is 4.98 Å². The molecule has 0 unspecified atom stereocenters. The summed E-state index contributed by atoms with van der Waals surface area (Å²) < 4.78 is 37.3. The number of nitrogens with two attached hydrogens (primary N) is 1. The first-order chi connectivity index (χ1) is 9.29. The van der Waals surface area contributed by atoms with E-state index in [4.69, 9.17) is 5.73 Å². The summed E-state index contributed by atoms with van der Waals surface area (Å²) in [5.41, 5.74) is 4.87. The highest BCUT2D eigenvalue weighted by Gasteiger charge is 2.30. The van der Waals surface area contributed by atoms with E-state index in [-0.39, 0.29) is 11.5 Å². The van der Waals surface area contributed by atoms with Crippen molar-refractivity contribution in [2.24, 2.45) is 0 Å². The number of nitrogen functional groups attached to an aromatic ring is 1. The SMILES string of the molecule is Nc1ncc(-c2ccc(C(F)(F)F)cc2)cc1[N+](=O)[O-]. The number of halogens is 3. The van der Waals surface area contributed by atoms with Crippen molar-refractivity contribution in [3.8, 4) is 11.1 Å². The Balaban J connectivity index is 2.42. The van der Waals surface area contributed by atoms with Gasteiger partial charge in [0.05, 0.1) is 10.5 Å². The van der Waals surface area contributed by atoms with Crippen LogP contribution in [0, 0.1) is 10.1 Å². The Kier molecular flexibility index (Phi) is 3.31. The molecule has 2 N–H and O–H groups in total. The van der Waals surface area contributed by atoms with Crippen LogP contribution in [0.5, 0.6) is 0 Å². The van der Waals surface area contributed by atoms with Crippen LogP contribution < -0.4 is 5.73 Å². The van der Waals surface area contributed by atoms with E-state index >= 15 is 0 Å². The summed E-state index contributed by atoms with van der Waals surface area (Å²) in [6, 6.07) is 5.42. The molecule has 0 aliphatic carbocycles. The van der Waals surface area contributed by atoms with Crippen LogP contribution in [0.1, 0.15) is 5.56 Å². The summed E-state index contributed by atoms with van der Waals surface area (Å²) in [6.07, 6.45) is -3.16. The molecule has 2 aromatic rings. The van der Waals surface area contributed by atoms with Crippen molar-refractivity contribution >= 4 is 11.5 Å². The highest BCUT2D eigenvalue weighted by molar-refractivity contribution is 5.69. The van der Waals surface area contributed by atoms with Crippen LogP contribution >= 0.6 is 0 Å². The third kappa shape index (κ3) is 2.68. The number of aromatic nitrogens is 1. The minimum Gasteiger partial charge on any atom is -0.378 e. The van der Waals surface area contributed by atoms with Gasteiger partial charge in [0, 0.05) is 17.8 Å². The van der Waals surface area contributed by atoms with Gasteiger partial charge in [0.25, 0.3) is 0 Å². The molecule has 0 saturated heterocycles. The molecule has 0 aliphatic heterocycles. The predicted octanol–water partition coefficient (Wildman–Crippen LogP) is 3.26. The smallest absolute Gasteiger partial charge is 0.378 e. The first kappa shape index (κ1) is 13.8. The molecule has 2 rings (SSSR count). The van der Waals surface area contributed by atoms with Crippen molar-refractivity contribution in [3.63, 3.8) is 0 Å². The number of anilines is 1. The molecular formula is C12H8F3N3O2. The molecular weight excluding hydrogens is 275 g/mol. The zero-order valence-corrected chi connectivity index (χ0v) is 9.89. The lowest BCUT2D eigenvalue weighted by Crippen LogP contribution is -2.04. The van der Waals surface area contributed by atoms with Crippen molar-refractivity contribution < 1.29 is 18.1 Å². The van der Waals surface area contributed by atoms with Crippen LogP contribution in [0.3, 0.4) is 0 Å². The van der Waals surface area contributed by atoms with Gasteiger partial charge in [-0.3, -0.25) is 10.1 Å². The van der Waals surface area contributed by atoms with Gasteiger partial charge in [0.2, 0.25) is 5.82 Å². The molecule has 0 radical (unpaired) electrons. The largest absolute Gasteiger partial charge is 0.416 e. The molecule has 20 heavy (non-hydrogen) atoms.